The van der Waals surface area contributed by atoms with E-state index >= 15 is 0 Å². The predicted octanol–water partition coefficient (Wildman–Crippen LogP) is 0.823. The maximum absolute atomic E-state index is 12.2. The fraction of sp³-hybridized carbons (Fsp3) is 0.368. The van der Waals surface area contributed by atoms with Crippen LogP contribution in [-0.4, -0.2) is 53.4 Å². The molecule has 0 spiro atoms. The molecule has 2 amide bonds. The number of benzene rings is 2. The Morgan fingerprint density at radius 1 is 1.22 bits per heavy atom. The standard InChI is InChI=1S/C19H23BN2O5/c23-17(9-11-22-10-3-6-19(22)24)21-18(27-20(25)26)13-14-7-8-15-4-1-2-5-16(15)12-14/h1-2,4-5,7-8,12,18,25-26H,3,6,9-11,13H2,(H,21,23)/t18-/m1/s1. The number of hydrogen-bond donors (Lipinski definition) is 3. The summed E-state index contributed by atoms with van der Waals surface area (Å²) in [6.45, 7) is 1.04. The van der Waals surface area contributed by atoms with Gasteiger partial charge in [0, 0.05) is 32.4 Å². The van der Waals surface area contributed by atoms with E-state index in [2.05, 4.69) is 5.32 Å². The minimum absolute atomic E-state index is 0.0672. The minimum Gasteiger partial charge on any atom is -0.402 e. The first-order valence-corrected chi connectivity index (χ1v) is 9.08. The highest BCUT2D eigenvalue weighted by molar-refractivity contribution is 6.32. The molecule has 0 bridgehead atoms. The monoisotopic (exact) mass is 370 g/mol. The van der Waals surface area contributed by atoms with Gasteiger partial charge in [-0.15, -0.1) is 0 Å². The van der Waals surface area contributed by atoms with E-state index in [1.807, 2.05) is 42.5 Å². The van der Waals surface area contributed by atoms with Crippen LogP contribution < -0.4 is 5.32 Å². The molecule has 0 saturated carbocycles. The van der Waals surface area contributed by atoms with Crippen LogP contribution in [0.5, 0.6) is 0 Å². The van der Waals surface area contributed by atoms with E-state index in [1.54, 1.807) is 4.90 Å². The number of carbonyl (C=O) groups excluding carboxylic acids is 2. The summed E-state index contributed by atoms with van der Waals surface area (Å²) in [5.41, 5.74) is 0.898. The lowest BCUT2D eigenvalue weighted by Crippen LogP contribution is -2.43. The first-order valence-electron chi connectivity index (χ1n) is 9.08. The lowest BCUT2D eigenvalue weighted by Gasteiger charge is -2.21. The van der Waals surface area contributed by atoms with Gasteiger partial charge in [0.15, 0.2) is 0 Å². The Morgan fingerprint density at radius 2 is 2.00 bits per heavy atom. The minimum atomic E-state index is -1.99. The first kappa shape index (κ1) is 19.3. The summed E-state index contributed by atoms with van der Waals surface area (Å²) < 4.78 is 5.03. The van der Waals surface area contributed by atoms with Crippen molar-refractivity contribution in [1.29, 1.82) is 0 Å². The van der Waals surface area contributed by atoms with Crippen molar-refractivity contribution in [2.24, 2.45) is 0 Å². The number of likely N-dealkylation sites (tertiary alicyclic amines) is 1. The van der Waals surface area contributed by atoms with Crippen molar-refractivity contribution in [3.8, 4) is 0 Å². The number of hydrogen-bond acceptors (Lipinski definition) is 5. The molecule has 2 aromatic rings. The van der Waals surface area contributed by atoms with Crippen molar-refractivity contribution in [3.63, 3.8) is 0 Å². The molecule has 0 unspecified atom stereocenters. The lowest BCUT2D eigenvalue weighted by atomic mass is 10.0. The Morgan fingerprint density at radius 3 is 2.70 bits per heavy atom. The Labute approximate surface area is 158 Å². The molecular formula is C19H23BN2O5. The number of nitrogens with zero attached hydrogens (tertiary/aromatic N) is 1. The summed E-state index contributed by atoms with van der Waals surface area (Å²) in [4.78, 5) is 25.5. The number of nitrogens with one attached hydrogen (secondary N) is 1. The van der Waals surface area contributed by atoms with E-state index in [0.29, 0.717) is 19.5 Å². The largest absolute Gasteiger partial charge is 0.635 e. The Balaban J connectivity index is 1.60. The van der Waals surface area contributed by atoms with Crippen molar-refractivity contribution in [2.45, 2.75) is 31.9 Å². The average Bonchev–Trinajstić information content (AvgIpc) is 3.04. The summed E-state index contributed by atoms with van der Waals surface area (Å²) in [5, 5.41) is 23.1. The van der Waals surface area contributed by atoms with Crippen LogP contribution in [0.4, 0.5) is 0 Å². The molecule has 142 valence electrons. The van der Waals surface area contributed by atoms with Gasteiger partial charge in [-0.05, 0) is 22.8 Å². The molecule has 0 aliphatic carbocycles. The summed E-state index contributed by atoms with van der Waals surface area (Å²) in [5.74, 6) is -0.237. The maximum atomic E-state index is 12.2. The van der Waals surface area contributed by atoms with Gasteiger partial charge in [0.1, 0.15) is 6.23 Å². The molecule has 1 saturated heterocycles. The van der Waals surface area contributed by atoms with Crippen LogP contribution in [0, 0.1) is 0 Å². The maximum Gasteiger partial charge on any atom is 0.635 e. The fourth-order valence-corrected chi connectivity index (χ4v) is 3.29. The molecule has 3 N–H and O–H groups in total. The molecule has 1 aliphatic heterocycles. The van der Waals surface area contributed by atoms with Crippen LogP contribution >= 0.6 is 0 Å². The topological polar surface area (TPSA) is 99.1 Å². The van der Waals surface area contributed by atoms with Gasteiger partial charge in [-0.25, -0.2) is 0 Å². The molecule has 1 atom stereocenters. The fourth-order valence-electron chi connectivity index (χ4n) is 3.29. The molecular weight excluding hydrogens is 347 g/mol. The molecule has 3 rings (SSSR count). The van der Waals surface area contributed by atoms with Gasteiger partial charge in [0.05, 0.1) is 0 Å². The second-order valence-electron chi connectivity index (χ2n) is 6.64. The number of rotatable bonds is 8. The van der Waals surface area contributed by atoms with Gasteiger partial charge in [-0.1, -0.05) is 42.5 Å². The predicted molar refractivity (Wildman–Crippen MR) is 101 cm³/mol. The van der Waals surface area contributed by atoms with Crippen LogP contribution in [0.3, 0.4) is 0 Å². The normalized spacial score (nSPS) is 15.2. The molecule has 8 heteroatoms. The lowest BCUT2D eigenvalue weighted by molar-refractivity contribution is -0.129. The van der Waals surface area contributed by atoms with Crippen LogP contribution in [0.25, 0.3) is 10.8 Å². The van der Waals surface area contributed by atoms with Crippen LogP contribution in [-0.2, 0) is 20.7 Å². The van der Waals surface area contributed by atoms with Crippen molar-refractivity contribution in [3.05, 3.63) is 48.0 Å². The molecule has 2 aromatic carbocycles. The van der Waals surface area contributed by atoms with E-state index in [9.17, 15) is 9.59 Å². The summed E-state index contributed by atoms with van der Waals surface area (Å²) in [6, 6.07) is 13.8. The third kappa shape index (κ3) is 5.53. The molecule has 1 aliphatic rings. The second-order valence-corrected chi connectivity index (χ2v) is 6.64. The first-order chi connectivity index (χ1) is 13.0. The van der Waals surface area contributed by atoms with Crippen LogP contribution in [0.2, 0.25) is 0 Å². The van der Waals surface area contributed by atoms with Gasteiger partial charge < -0.3 is 24.9 Å². The number of amides is 2. The van der Waals surface area contributed by atoms with Gasteiger partial charge in [0.2, 0.25) is 11.8 Å². The zero-order valence-corrected chi connectivity index (χ0v) is 15.0. The van der Waals surface area contributed by atoms with Gasteiger partial charge in [0.25, 0.3) is 0 Å². The van der Waals surface area contributed by atoms with E-state index < -0.39 is 13.5 Å². The molecule has 0 aromatic heterocycles. The van der Waals surface area contributed by atoms with Crippen molar-refractivity contribution >= 4 is 29.9 Å². The van der Waals surface area contributed by atoms with E-state index in [-0.39, 0.29) is 24.7 Å². The molecule has 1 fully saturated rings. The Kier molecular flexibility index (Phi) is 6.44. The molecule has 27 heavy (non-hydrogen) atoms. The quantitative estimate of drug-likeness (QED) is 0.472. The number of carbonyl (C=O) groups is 2. The van der Waals surface area contributed by atoms with E-state index in [4.69, 9.17) is 14.7 Å². The number of fused-ring (bicyclic) bond motifs is 1. The summed E-state index contributed by atoms with van der Waals surface area (Å²) in [6.07, 6.45) is 0.909. The van der Waals surface area contributed by atoms with E-state index in [0.717, 1.165) is 22.8 Å². The highest BCUT2D eigenvalue weighted by Crippen LogP contribution is 2.17. The van der Waals surface area contributed by atoms with Gasteiger partial charge in [-0.3, -0.25) is 9.59 Å². The molecule has 7 nitrogen and oxygen atoms in total. The third-order valence-corrected chi connectivity index (χ3v) is 4.62. The summed E-state index contributed by atoms with van der Waals surface area (Å²) >= 11 is 0. The van der Waals surface area contributed by atoms with Crippen LogP contribution in [0.15, 0.2) is 42.5 Å². The highest BCUT2D eigenvalue weighted by Gasteiger charge is 2.23. The van der Waals surface area contributed by atoms with Gasteiger partial charge in [-0.2, -0.15) is 0 Å². The van der Waals surface area contributed by atoms with E-state index in [1.165, 1.54) is 0 Å². The highest BCUT2D eigenvalue weighted by atomic mass is 16.6. The van der Waals surface area contributed by atoms with Crippen molar-refractivity contribution in [2.75, 3.05) is 13.1 Å². The van der Waals surface area contributed by atoms with Gasteiger partial charge >= 0.3 is 7.32 Å². The molecule has 1 heterocycles. The van der Waals surface area contributed by atoms with Crippen molar-refractivity contribution in [1.82, 2.24) is 10.2 Å². The SMILES string of the molecule is O=C(CCN1CCCC1=O)N[C@@H](Cc1ccc2ccccc2c1)OB(O)O. The Hall–Kier alpha value is -2.42. The zero-order chi connectivity index (χ0) is 19.2. The zero-order valence-electron chi connectivity index (χ0n) is 15.0. The Bertz CT molecular complexity index is 814. The average molecular weight is 370 g/mol. The molecule has 0 radical (unpaired) electrons. The van der Waals surface area contributed by atoms with Crippen molar-refractivity contribution < 1.29 is 24.3 Å². The summed E-state index contributed by atoms with van der Waals surface area (Å²) in [7, 11) is -1.99. The second kappa shape index (κ2) is 8.99. The third-order valence-electron chi connectivity index (χ3n) is 4.62. The smallest absolute Gasteiger partial charge is 0.402 e. The van der Waals surface area contributed by atoms with Crippen LogP contribution in [0.1, 0.15) is 24.8 Å².